The van der Waals surface area contributed by atoms with E-state index < -0.39 is 0 Å². The maximum Gasteiger partial charge on any atom is 0.103 e. The van der Waals surface area contributed by atoms with E-state index in [0.29, 0.717) is 0 Å². The normalized spacial score (nSPS) is 12.6. The van der Waals surface area contributed by atoms with Crippen molar-refractivity contribution in [3.63, 3.8) is 0 Å². The minimum absolute atomic E-state index is 0.275. The van der Waals surface area contributed by atoms with Crippen LogP contribution in [0.4, 0.5) is 0 Å². The van der Waals surface area contributed by atoms with Crippen molar-refractivity contribution in [3.8, 4) is 0 Å². The van der Waals surface area contributed by atoms with Crippen LogP contribution in [0, 0.1) is 6.92 Å². The van der Waals surface area contributed by atoms with Gasteiger partial charge in [-0.2, -0.15) is 0 Å². The molecule has 0 aliphatic heterocycles. The summed E-state index contributed by atoms with van der Waals surface area (Å²) in [5.41, 5.74) is 5.49. The Hall–Kier alpha value is -1.58. The molecule has 0 fully saturated rings. The molecule has 3 N–H and O–H groups in total. The first kappa shape index (κ1) is 12.9. The zero-order valence-corrected chi connectivity index (χ0v) is 10.7. The molecule has 0 radical (unpaired) electrons. The van der Waals surface area contributed by atoms with Gasteiger partial charge in [0, 0.05) is 12.5 Å². The molecule has 0 saturated carbocycles. The lowest BCUT2D eigenvalue weighted by Crippen LogP contribution is -2.37. The largest absolute Gasteiger partial charge is 0.469 e. The first-order valence-electron chi connectivity index (χ1n) is 6.32. The number of hydrogen-bond acceptors (Lipinski definition) is 3. The van der Waals surface area contributed by atoms with E-state index in [0.717, 1.165) is 25.0 Å². The molecular formula is C15H20N2O. The van der Waals surface area contributed by atoms with Gasteiger partial charge in [-0.3, -0.25) is 11.3 Å². The number of nitrogens with one attached hydrogen (secondary N) is 1. The van der Waals surface area contributed by atoms with Gasteiger partial charge in [-0.15, -0.1) is 0 Å². The van der Waals surface area contributed by atoms with Gasteiger partial charge in [0.05, 0.1) is 6.26 Å². The zero-order valence-electron chi connectivity index (χ0n) is 10.7. The molecule has 0 bridgehead atoms. The third-order valence-corrected chi connectivity index (χ3v) is 3.12. The van der Waals surface area contributed by atoms with Gasteiger partial charge in [0.2, 0.25) is 0 Å². The summed E-state index contributed by atoms with van der Waals surface area (Å²) in [5.74, 6) is 6.63. The molecular weight excluding hydrogens is 224 g/mol. The zero-order chi connectivity index (χ0) is 12.8. The predicted octanol–water partition coefficient (Wildman–Crippen LogP) is 2.60. The Morgan fingerprint density at radius 2 is 2.17 bits per heavy atom. The Morgan fingerprint density at radius 1 is 1.28 bits per heavy atom. The van der Waals surface area contributed by atoms with Crippen molar-refractivity contribution in [1.29, 1.82) is 0 Å². The third-order valence-electron chi connectivity index (χ3n) is 3.12. The highest BCUT2D eigenvalue weighted by atomic mass is 16.3. The first-order chi connectivity index (χ1) is 8.78. The van der Waals surface area contributed by atoms with E-state index in [1.54, 1.807) is 6.26 Å². The van der Waals surface area contributed by atoms with E-state index in [1.807, 2.05) is 12.1 Å². The molecule has 0 aliphatic carbocycles. The monoisotopic (exact) mass is 244 g/mol. The standard InChI is InChI=1S/C15H20N2O/c1-12-4-2-5-13(10-12)11-14(17-16)7-8-15-6-3-9-18-15/h2-6,9-10,14,17H,7-8,11,16H2,1H3. The summed E-state index contributed by atoms with van der Waals surface area (Å²) in [5, 5.41) is 0. The maximum absolute atomic E-state index is 5.62. The average molecular weight is 244 g/mol. The number of hydrazine groups is 1. The second-order valence-electron chi connectivity index (χ2n) is 4.67. The number of hydrogen-bond donors (Lipinski definition) is 2. The molecule has 1 aromatic carbocycles. The Labute approximate surface area is 108 Å². The lowest BCUT2D eigenvalue weighted by atomic mass is 10.0. The average Bonchev–Trinajstić information content (AvgIpc) is 2.87. The summed E-state index contributed by atoms with van der Waals surface area (Å²) >= 11 is 0. The Morgan fingerprint density at radius 3 is 2.83 bits per heavy atom. The molecule has 0 aliphatic rings. The topological polar surface area (TPSA) is 51.2 Å². The van der Waals surface area contributed by atoms with Crippen LogP contribution in [-0.2, 0) is 12.8 Å². The van der Waals surface area contributed by atoms with Crippen molar-refractivity contribution in [1.82, 2.24) is 5.43 Å². The molecule has 18 heavy (non-hydrogen) atoms. The van der Waals surface area contributed by atoms with E-state index >= 15 is 0 Å². The van der Waals surface area contributed by atoms with Crippen molar-refractivity contribution < 1.29 is 4.42 Å². The molecule has 0 spiro atoms. The lowest BCUT2D eigenvalue weighted by molar-refractivity contribution is 0.447. The second kappa shape index (κ2) is 6.38. The third kappa shape index (κ3) is 3.72. The Balaban J connectivity index is 1.89. The molecule has 2 rings (SSSR count). The highest BCUT2D eigenvalue weighted by molar-refractivity contribution is 5.23. The molecule has 0 saturated heterocycles. The van der Waals surface area contributed by atoms with Crippen LogP contribution in [0.5, 0.6) is 0 Å². The van der Waals surface area contributed by atoms with Crippen molar-refractivity contribution in [2.45, 2.75) is 32.2 Å². The van der Waals surface area contributed by atoms with Crippen LogP contribution in [0.3, 0.4) is 0 Å². The lowest BCUT2D eigenvalue weighted by Gasteiger charge is -2.15. The minimum Gasteiger partial charge on any atom is -0.469 e. The fourth-order valence-corrected chi connectivity index (χ4v) is 2.14. The summed E-state index contributed by atoms with van der Waals surface area (Å²) in [6.45, 7) is 2.11. The van der Waals surface area contributed by atoms with Crippen LogP contribution < -0.4 is 11.3 Å². The maximum atomic E-state index is 5.62. The fraction of sp³-hybridized carbons (Fsp3) is 0.333. The smallest absolute Gasteiger partial charge is 0.103 e. The van der Waals surface area contributed by atoms with E-state index in [9.17, 15) is 0 Å². The van der Waals surface area contributed by atoms with Crippen LogP contribution in [0.1, 0.15) is 23.3 Å². The van der Waals surface area contributed by atoms with Crippen LogP contribution in [0.2, 0.25) is 0 Å². The van der Waals surface area contributed by atoms with Gasteiger partial charge in [-0.1, -0.05) is 29.8 Å². The second-order valence-corrected chi connectivity index (χ2v) is 4.67. The van der Waals surface area contributed by atoms with E-state index in [-0.39, 0.29) is 6.04 Å². The summed E-state index contributed by atoms with van der Waals surface area (Å²) in [4.78, 5) is 0. The van der Waals surface area contributed by atoms with E-state index in [4.69, 9.17) is 10.3 Å². The summed E-state index contributed by atoms with van der Waals surface area (Å²) in [6, 6.07) is 12.7. The molecule has 3 heteroatoms. The van der Waals surface area contributed by atoms with E-state index in [1.165, 1.54) is 11.1 Å². The number of rotatable bonds is 6. The number of aryl methyl sites for hydroxylation is 2. The number of nitrogens with two attached hydrogens (primary N) is 1. The van der Waals surface area contributed by atoms with Crippen molar-refractivity contribution in [2.75, 3.05) is 0 Å². The summed E-state index contributed by atoms with van der Waals surface area (Å²) in [7, 11) is 0. The Kier molecular flexibility index (Phi) is 4.56. The van der Waals surface area contributed by atoms with Gasteiger partial charge in [0.15, 0.2) is 0 Å². The number of furan rings is 1. The molecule has 96 valence electrons. The van der Waals surface area contributed by atoms with Crippen molar-refractivity contribution >= 4 is 0 Å². The van der Waals surface area contributed by atoms with Crippen LogP contribution in [0.15, 0.2) is 47.1 Å². The van der Waals surface area contributed by atoms with Gasteiger partial charge >= 0.3 is 0 Å². The van der Waals surface area contributed by atoms with Gasteiger partial charge in [-0.05, 0) is 37.5 Å². The molecule has 2 aromatic rings. The molecule has 3 nitrogen and oxygen atoms in total. The van der Waals surface area contributed by atoms with Crippen LogP contribution in [0.25, 0.3) is 0 Å². The highest BCUT2D eigenvalue weighted by Gasteiger charge is 2.09. The minimum atomic E-state index is 0.275. The molecule has 1 aromatic heterocycles. The number of benzene rings is 1. The van der Waals surface area contributed by atoms with Gasteiger partial charge in [0.25, 0.3) is 0 Å². The van der Waals surface area contributed by atoms with Gasteiger partial charge < -0.3 is 4.42 Å². The molecule has 0 amide bonds. The summed E-state index contributed by atoms with van der Waals surface area (Å²) in [6.07, 6.45) is 4.53. The van der Waals surface area contributed by atoms with Crippen molar-refractivity contribution in [2.24, 2.45) is 5.84 Å². The SMILES string of the molecule is Cc1cccc(CC(CCc2ccco2)NN)c1. The van der Waals surface area contributed by atoms with Gasteiger partial charge in [0.1, 0.15) is 5.76 Å². The fourth-order valence-electron chi connectivity index (χ4n) is 2.14. The highest BCUT2D eigenvalue weighted by Crippen LogP contribution is 2.11. The molecule has 1 unspecified atom stereocenters. The quantitative estimate of drug-likeness (QED) is 0.606. The van der Waals surface area contributed by atoms with Crippen LogP contribution in [-0.4, -0.2) is 6.04 Å². The van der Waals surface area contributed by atoms with Crippen molar-refractivity contribution in [3.05, 3.63) is 59.5 Å². The first-order valence-corrected chi connectivity index (χ1v) is 6.32. The Bertz CT molecular complexity index is 465. The van der Waals surface area contributed by atoms with E-state index in [2.05, 4.69) is 36.6 Å². The van der Waals surface area contributed by atoms with Gasteiger partial charge in [-0.25, -0.2) is 0 Å². The molecule has 1 atom stereocenters. The molecule has 1 heterocycles. The predicted molar refractivity (Wildman–Crippen MR) is 73.0 cm³/mol. The van der Waals surface area contributed by atoms with Crippen LogP contribution >= 0.6 is 0 Å². The summed E-state index contributed by atoms with van der Waals surface area (Å²) < 4.78 is 5.33.